The van der Waals surface area contributed by atoms with Crippen LogP contribution in [0.4, 0.5) is 0 Å². The first-order valence-corrected chi connectivity index (χ1v) is 5.78. The molecule has 4 nitrogen and oxygen atoms in total. The standard InChI is InChI=1S/C14H15NO3/c1-9-5-3-4-6-11(9)13(16)15-8-7-10(2)12(15)14(17)18/h3-7,12H,8H2,1-2H3,(H,17,18). The molecule has 1 aromatic carbocycles. The number of carboxylic acids is 1. The Hall–Kier alpha value is -2.10. The van der Waals surface area contributed by atoms with Gasteiger partial charge in [-0.05, 0) is 31.1 Å². The molecule has 1 aliphatic heterocycles. The maximum Gasteiger partial charge on any atom is 0.330 e. The second kappa shape index (κ2) is 4.64. The normalized spacial score (nSPS) is 18.7. The van der Waals surface area contributed by atoms with Gasteiger partial charge in [-0.2, -0.15) is 0 Å². The molecule has 0 radical (unpaired) electrons. The number of benzene rings is 1. The number of nitrogens with zero attached hydrogens (tertiary/aromatic N) is 1. The van der Waals surface area contributed by atoms with Crippen molar-refractivity contribution in [2.45, 2.75) is 19.9 Å². The number of carbonyl (C=O) groups is 2. The molecule has 0 fully saturated rings. The maximum absolute atomic E-state index is 12.4. The zero-order chi connectivity index (χ0) is 13.3. The average molecular weight is 245 g/mol. The fourth-order valence-corrected chi connectivity index (χ4v) is 2.20. The summed E-state index contributed by atoms with van der Waals surface area (Å²) in [6, 6.07) is 6.38. The van der Waals surface area contributed by atoms with E-state index in [0.717, 1.165) is 5.56 Å². The van der Waals surface area contributed by atoms with Gasteiger partial charge >= 0.3 is 5.97 Å². The zero-order valence-electron chi connectivity index (χ0n) is 10.4. The van der Waals surface area contributed by atoms with Crippen LogP contribution in [0.5, 0.6) is 0 Å². The Morgan fingerprint density at radius 3 is 2.56 bits per heavy atom. The third-order valence-corrected chi connectivity index (χ3v) is 3.22. The van der Waals surface area contributed by atoms with Crippen LogP contribution in [0.1, 0.15) is 22.8 Å². The van der Waals surface area contributed by atoms with Gasteiger partial charge in [-0.15, -0.1) is 0 Å². The molecule has 1 aliphatic rings. The van der Waals surface area contributed by atoms with Crippen LogP contribution < -0.4 is 0 Å². The van der Waals surface area contributed by atoms with E-state index in [0.29, 0.717) is 17.7 Å². The van der Waals surface area contributed by atoms with Gasteiger partial charge in [0.25, 0.3) is 5.91 Å². The van der Waals surface area contributed by atoms with Crippen molar-refractivity contribution < 1.29 is 14.7 Å². The Labute approximate surface area is 106 Å². The highest BCUT2D eigenvalue weighted by atomic mass is 16.4. The Kier molecular flexibility index (Phi) is 3.19. The summed E-state index contributed by atoms with van der Waals surface area (Å²) in [7, 11) is 0. The van der Waals surface area contributed by atoms with Crippen LogP contribution in [-0.2, 0) is 4.79 Å². The molecule has 1 atom stereocenters. The minimum absolute atomic E-state index is 0.228. The predicted octanol–water partition coefficient (Wildman–Crippen LogP) is 1.85. The van der Waals surface area contributed by atoms with Crippen molar-refractivity contribution in [2.24, 2.45) is 0 Å². The summed E-state index contributed by atoms with van der Waals surface area (Å²) in [5.74, 6) is -1.21. The molecule has 1 N–H and O–H groups in total. The molecule has 1 amide bonds. The van der Waals surface area contributed by atoms with E-state index < -0.39 is 12.0 Å². The highest BCUT2D eigenvalue weighted by Crippen LogP contribution is 2.22. The van der Waals surface area contributed by atoms with E-state index >= 15 is 0 Å². The second-order valence-corrected chi connectivity index (χ2v) is 4.46. The van der Waals surface area contributed by atoms with Crippen molar-refractivity contribution >= 4 is 11.9 Å². The highest BCUT2D eigenvalue weighted by Gasteiger charge is 2.35. The number of hydrogen-bond acceptors (Lipinski definition) is 2. The highest BCUT2D eigenvalue weighted by molar-refractivity contribution is 5.99. The number of carboxylic acid groups (broad SMARTS) is 1. The molecule has 0 bridgehead atoms. The largest absolute Gasteiger partial charge is 0.479 e. The molecule has 0 saturated heterocycles. The topological polar surface area (TPSA) is 57.6 Å². The number of aliphatic carboxylic acids is 1. The van der Waals surface area contributed by atoms with Crippen molar-refractivity contribution in [1.29, 1.82) is 0 Å². The lowest BCUT2D eigenvalue weighted by atomic mass is 10.1. The summed E-state index contributed by atoms with van der Waals surface area (Å²) >= 11 is 0. The lowest BCUT2D eigenvalue weighted by Crippen LogP contribution is -2.42. The van der Waals surface area contributed by atoms with Crippen LogP contribution in [0.15, 0.2) is 35.9 Å². The van der Waals surface area contributed by atoms with Crippen molar-refractivity contribution in [3.05, 3.63) is 47.0 Å². The average Bonchev–Trinajstić information content (AvgIpc) is 2.71. The van der Waals surface area contributed by atoms with Gasteiger partial charge in [-0.3, -0.25) is 4.79 Å². The molecule has 2 rings (SSSR count). The second-order valence-electron chi connectivity index (χ2n) is 4.46. The van der Waals surface area contributed by atoms with E-state index in [1.165, 1.54) is 4.90 Å². The molecule has 0 aromatic heterocycles. The lowest BCUT2D eigenvalue weighted by Gasteiger charge is -2.23. The van der Waals surface area contributed by atoms with E-state index in [9.17, 15) is 14.7 Å². The summed E-state index contributed by atoms with van der Waals surface area (Å²) in [4.78, 5) is 25.0. The van der Waals surface area contributed by atoms with Gasteiger partial charge in [0.15, 0.2) is 6.04 Å². The quantitative estimate of drug-likeness (QED) is 0.809. The van der Waals surface area contributed by atoms with E-state index in [-0.39, 0.29) is 5.91 Å². The predicted molar refractivity (Wildman–Crippen MR) is 67.4 cm³/mol. The van der Waals surface area contributed by atoms with Gasteiger partial charge in [0.1, 0.15) is 0 Å². The summed E-state index contributed by atoms with van der Waals surface area (Å²) in [6.07, 6.45) is 1.79. The van der Waals surface area contributed by atoms with Crippen LogP contribution in [0.25, 0.3) is 0 Å². The van der Waals surface area contributed by atoms with E-state index in [4.69, 9.17) is 0 Å². The monoisotopic (exact) mass is 245 g/mol. The van der Waals surface area contributed by atoms with Crippen LogP contribution >= 0.6 is 0 Å². The maximum atomic E-state index is 12.4. The molecule has 94 valence electrons. The summed E-state index contributed by atoms with van der Waals surface area (Å²) in [5.41, 5.74) is 2.13. The van der Waals surface area contributed by atoms with Crippen molar-refractivity contribution in [3.63, 3.8) is 0 Å². The molecule has 4 heteroatoms. The summed E-state index contributed by atoms with van der Waals surface area (Å²) in [5, 5.41) is 9.18. The van der Waals surface area contributed by atoms with Gasteiger partial charge in [-0.1, -0.05) is 24.3 Å². The number of amides is 1. The Bertz CT molecular complexity index is 534. The number of hydrogen-bond donors (Lipinski definition) is 1. The minimum atomic E-state index is -0.983. The molecule has 18 heavy (non-hydrogen) atoms. The minimum Gasteiger partial charge on any atom is -0.479 e. The zero-order valence-corrected chi connectivity index (χ0v) is 10.4. The SMILES string of the molecule is CC1=CCN(C(=O)c2ccccc2C)C1C(=O)O. The molecule has 1 unspecified atom stereocenters. The van der Waals surface area contributed by atoms with Crippen molar-refractivity contribution in [3.8, 4) is 0 Å². The molecular weight excluding hydrogens is 230 g/mol. The number of rotatable bonds is 2. The third-order valence-electron chi connectivity index (χ3n) is 3.22. The first-order valence-electron chi connectivity index (χ1n) is 5.78. The van der Waals surface area contributed by atoms with Gasteiger partial charge in [0.2, 0.25) is 0 Å². The molecule has 1 aromatic rings. The number of carbonyl (C=O) groups excluding carboxylic acids is 1. The van der Waals surface area contributed by atoms with Gasteiger partial charge < -0.3 is 10.0 Å². The van der Waals surface area contributed by atoms with Crippen LogP contribution in [0, 0.1) is 6.92 Å². The van der Waals surface area contributed by atoms with Gasteiger partial charge in [-0.25, -0.2) is 4.79 Å². The third kappa shape index (κ3) is 2.01. The fraction of sp³-hybridized carbons (Fsp3) is 0.286. The first kappa shape index (κ1) is 12.4. The van der Waals surface area contributed by atoms with Gasteiger partial charge in [0, 0.05) is 12.1 Å². The lowest BCUT2D eigenvalue weighted by molar-refractivity contribution is -0.140. The van der Waals surface area contributed by atoms with E-state index in [1.54, 1.807) is 25.1 Å². The van der Waals surface area contributed by atoms with Crippen LogP contribution in [0.3, 0.4) is 0 Å². The van der Waals surface area contributed by atoms with Crippen LogP contribution in [0.2, 0.25) is 0 Å². The Morgan fingerprint density at radius 1 is 1.28 bits per heavy atom. The van der Waals surface area contributed by atoms with E-state index in [1.807, 2.05) is 19.1 Å². The molecular formula is C14H15NO3. The Balaban J connectivity index is 2.31. The fourth-order valence-electron chi connectivity index (χ4n) is 2.20. The van der Waals surface area contributed by atoms with Crippen LogP contribution in [-0.4, -0.2) is 34.5 Å². The molecule has 1 heterocycles. The summed E-state index contributed by atoms with van der Waals surface area (Å²) < 4.78 is 0. The van der Waals surface area contributed by atoms with E-state index in [2.05, 4.69) is 0 Å². The molecule has 0 spiro atoms. The van der Waals surface area contributed by atoms with Gasteiger partial charge in [0.05, 0.1) is 0 Å². The number of aryl methyl sites for hydroxylation is 1. The summed E-state index contributed by atoms with van der Waals surface area (Å²) in [6.45, 7) is 3.94. The Morgan fingerprint density at radius 2 is 1.94 bits per heavy atom. The van der Waals surface area contributed by atoms with Crippen molar-refractivity contribution in [2.75, 3.05) is 6.54 Å². The molecule has 0 saturated carbocycles. The molecule has 0 aliphatic carbocycles. The first-order chi connectivity index (χ1) is 8.52. The smallest absolute Gasteiger partial charge is 0.330 e. The van der Waals surface area contributed by atoms with Crippen molar-refractivity contribution in [1.82, 2.24) is 4.90 Å².